The van der Waals surface area contributed by atoms with E-state index >= 15 is 0 Å². The Labute approximate surface area is 94.7 Å². The van der Waals surface area contributed by atoms with Crippen molar-refractivity contribution in [3.8, 4) is 0 Å². The summed E-state index contributed by atoms with van der Waals surface area (Å²) in [7, 11) is 0. The third kappa shape index (κ3) is 2.58. The summed E-state index contributed by atoms with van der Waals surface area (Å²) in [4.78, 5) is 10.8. The van der Waals surface area contributed by atoms with Crippen LogP contribution in [0, 0.1) is 6.92 Å². The third-order valence-corrected chi connectivity index (χ3v) is 2.66. The lowest BCUT2D eigenvalue weighted by Crippen LogP contribution is -2.49. The Morgan fingerprint density at radius 1 is 1.53 bits per heavy atom. The van der Waals surface area contributed by atoms with Gasteiger partial charge < -0.3 is 10.2 Å². The van der Waals surface area contributed by atoms with Crippen LogP contribution in [0.15, 0.2) is 6.07 Å². The second kappa shape index (κ2) is 4.33. The molecule has 0 radical (unpaired) electrons. The Balaban J connectivity index is 2.20. The lowest BCUT2D eigenvalue weighted by atomic mass is 10.2. The molecule has 82 valence electrons. The molecule has 1 atom stereocenters. The number of aryl methyl sites for hydroxylation is 1. The molecule has 0 bridgehead atoms. The van der Waals surface area contributed by atoms with Gasteiger partial charge in [0.05, 0.1) is 0 Å². The van der Waals surface area contributed by atoms with Crippen molar-refractivity contribution in [3.63, 3.8) is 0 Å². The molecule has 2 rings (SSSR count). The molecule has 0 unspecified atom stereocenters. The Morgan fingerprint density at radius 2 is 2.33 bits per heavy atom. The van der Waals surface area contributed by atoms with Crippen LogP contribution >= 0.6 is 11.6 Å². The van der Waals surface area contributed by atoms with Crippen LogP contribution in [0.5, 0.6) is 0 Å². The number of nitrogens with zero attached hydrogens (tertiary/aromatic N) is 3. The van der Waals surface area contributed by atoms with Crippen LogP contribution < -0.4 is 10.2 Å². The van der Waals surface area contributed by atoms with E-state index in [1.165, 1.54) is 0 Å². The third-order valence-electron chi connectivity index (χ3n) is 2.46. The number of halogens is 1. The van der Waals surface area contributed by atoms with Crippen LogP contribution in [0.3, 0.4) is 0 Å². The minimum Gasteiger partial charge on any atom is -0.338 e. The molecule has 0 aromatic carbocycles. The largest absolute Gasteiger partial charge is 0.338 e. The van der Waals surface area contributed by atoms with Crippen molar-refractivity contribution in [2.75, 3.05) is 24.5 Å². The predicted molar refractivity (Wildman–Crippen MR) is 61.5 cm³/mol. The Morgan fingerprint density at radius 3 is 3.00 bits per heavy atom. The second-order valence-corrected chi connectivity index (χ2v) is 4.32. The van der Waals surface area contributed by atoms with E-state index < -0.39 is 0 Å². The zero-order valence-corrected chi connectivity index (χ0v) is 9.75. The number of hydrogen-bond donors (Lipinski definition) is 1. The maximum absolute atomic E-state index is 5.91. The summed E-state index contributed by atoms with van der Waals surface area (Å²) in [6.45, 7) is 6.92. The van der Waals surface area contributed by atoms with Crippen LogP contribution in [0.1, 0.15) is 12.6 Å². The SMILES string of the molecule is Cc1cc(Cl)nc(N2CCN[C@H](C)C2)n1. The molecule has 0 spiro atoms. The van der Waals surface area contributed by atoms with Crippen LogP contribution in [-0.2, 0) is 0 Å². The zero-order chi connectivity index (χ0) is 10.8. The van der Waals surface area contributed by atoms with Crippen LogP contribution in [0.2, 0.25) is 5.15 Å². The van der Waals surface area contributed by atoms with Gasteiger partial charge in [-0.15, -0.1) is 0 Å². The average Bonchev–Trinajstić information content (AvgIpc) is 2.16. The molecule has 1 aromatic rings. The molecule has 2 heterocycles. The van der Waals surface area contributed by atoms with Crippen LogP contribution in [0.25, 0.3) is 0 Å². The molecule has 0 saturated carbocycles. The van der Waals surface area contributed by atoms with Gasteiger partial charge in [-0.05, 0) is 19.9 Å². The molecule has 5 heteroatoms. The standard InChI is InChI=1S/C10H15ClN4/c1-7-5-9(11)14-10(13-7)15-4-3-12-8(2)6-15/h5,8,12H,3-4,6H2,1-2H3/t8-/m1/s1. The van der Waals surface area contributed by atoms with Gasteiger partial charge in [-0.25, -0.2) is 9.97 Å². The molecule has 1 N–H and O–H groups in total. The highest BCUT2D eigenvalue weighted by Crippen LogP contribution is 2.15. The monoisotopic (exact) mass is 226 g/mol. The molecule has 1 aliphatic rings. The summed E-state index contributed by atoms with van der Waals surface area (Å²) in [6, 6.07) is 2.25. The molecule has 15 heavy (non-hydrogen) atoms. The van der Waals surface area contributed by atoms with Gasteiger partial charge >= 0.3 is 0 Å². The van der Waals surface area contributed by atoms with Gasteiger partial charge in [0.1, 0.15) is 5.15 Å². The quantitative estimate of drug-likeness (QED) is 0.732. The first kappa shape index (κ1) is 10.6. The van der Waals surface area contributed by atoms with Crippen molar-refractivity contribution in [3.05, 3.63) is 16.9 Å². The summed E-state index contributed by atoms with van der Waals surface area (Å²) in [5, 5.41) is 3.90. The average molecular weight is 227 g/mol. The Hall–Kier alpha value is -0.870. The van der Waals surface area contributed by atoms with Gasteiger partial charge in [-0.3, -0.25) is 0 Å². The first-order chi connectivity index (χ1) is 7.15. The van der Waals surface area contributed by atoms with Gasteiger partial charge in [0.25, 0.3) is 0 Å². The fourth-order valence-electron chi connectivity index (χ4n) is 1.77. The summed E-state index contributed by atoms with van der Waals surface area (Å²) < 4.78 is 0. The number of hydrogen-bond acceptors (Lipinski definition) is 4. The molecule has 1 aliphatic heterocycles. The van der Waals surface area contributed by atoms with Crippen molar-refractivity contribution in [1.29, 1.82) is 0 Å². The number of nitrogens with one attached hydrogen (secondary N) is 1. The summed E-state index contributed by atoms with van der Waals surface area (Å²) in [5.41, 5.74) is 0.913. The zero-order valence-electron chi connectivity index (χ0n) is 9.00. The van der Waals surface area contributed by atoms with E-state index in [0.29, 0.717) is 11.2 Å². The highest BCUT2D eigenvalue weighted by molar-refractivity contribution is 6.29. The van der Waals surface area contributed by atoms with Crippen molar-refractivity contribution in [2.45, 2.75) is 19.9 Å². The Kier molecular flexibility index (Phi) is 3.07. The molecular formula is C10H15ClN4. The van der Waals surface area contributed by atoms with Crippen molar-refractivity contribution >= 4 is 17.5 Å². The minimum atomic E-state index is 0.474. The van der Waals surface area contributed by atoms with E-state index in [0.717, 1.165) is 31.3 Å². The van der Waals surface area contributed by atoms with Crippen molar-refractivity contribution < 1.29 is 0 Å². The normalized spacial score (nSPS) is 21.8. The van der Waals surface area contributed by atoms with Gasteiger partial charge in [-0.2, -0.15) is 0 Å². The number of aromatic nitrogens is 2. The van der Waals surface area contributed by atoms with Crippen molar-refractivity contribution in [2.24, 2.45) is 0 Å². The Bertz CT molecular complexity index is 335. The molecule has 4 nitrogen and oxygen atoms in total. The number of anilines is 1. The minimum absolute atomic E-state index is 0.474. The topological polar surface area (TPSA) is 41.1 Å². The molecular weight excluding hydrogens is 212 g/mol. The van der Waals surface area contributed by atoms with E-state index in [9.17, 15) is 0 Å². The van der Waals surface area contributed by atoms with Crippen LogP contribution in [-0.4, -0.2) is 35.6 Å². The number of piperazine rings is 1. The van der Waals surface area contributed by atoms with Gasteiger partial charge in [0.2, 0.25) is 5.95 Å². The van der Waals surface area contributed by atoms with E-state index in [1.807, 2.05) is 6.92 Å². The van der Waals surface area contributed by atoms with E-state index in [2.05, 4.69) is 27.1 Å². The van der Waals surface area contributed by atoms with E-state index in [-0.39, 0.29) is 0 Å². The van der Waals surface area contributed by atoms with E-state index in [1.54, 1.807) is 6.07 Å². The first-order valence-corrected chi connectivity index (χ1v) is 5.52. The van der Waals surface area contributed by atoms with Crippen LogP contribution in [0.4, 0.5) is 5.95 Å². The lowest BCUT2D eigenvalue weighted by molar-refractivity contribution is 0.479. The highest BCUT2D eigenvalue weighted by Gasteiger charge is 2.18. The molecule has 0 amide bonds. The highest BCUT2D eigenvalue weighted by atomic mass is 35.5. The molecule has 0 aliphatic carbocycles. The predicted octanol–water partition coefficient (Wildman–Crippen LogP) is 1.24. The maximum atomic E-state index is 5.91. The number of rotatable bonds is 1. The maximum Gasteiger partial charge on any atom is 0.227 e. The van der Waals surface area contributed by atoms with E-state index in [4.69, 9.17) is 11.6 Å². The van der Waals surface area contributed by atoms with Crippen molar-refractivity contribution in [1.82, 2.24) is 15.3 Å². The first-order valence-electron chi connectivity index (χ1n) is 5.14. The second-order valence-electron chi connectivity index (χ2n) is 3.93. The van der Waals surface area contributed by atoms with Gasteiger partial charge in [0.15, 0.2) is 0 Å². The lowest BCUT2D eigenvalue weighted by Gasteiger charge is -2.31. The molecule has 1 fully saturated rings. The van der Waals surface area contributed by atoms with Gasteiger partial charge in [-0.1, -0.05) is 11.6 Å². The fourth-order valence-corrected chi connectivity index (χ4v) is 2.00. The smallest absolute Gasteiger partial charge is 0.227 e. The molecule has 1 saturated heterocycles. The molecule has 1 aromatic heterocycles. The van der Waals surface area contributed by atoms with Gasteiger partial charge in [0, 0.05) is 31.4 Å². The fraction of sp³-hybridized carbons (Fsp3) is 0.600. The summed E-state index contributed by atoms with van der Waals surface area (Å²) in [5.74, 6) is 0.744. The summed E-state index contributed by atoms with van der Waals surface area (Å²) in [6.07, 6.45) is 0. The summed E-state index contributed by atoms with van der Waals surface area (Å²) >= 11 is 5.91.